The van der Waals surface area contributed by atoms with Crippen molar-refractivity contribution in [1.82, 2.24) is 9.80 Å². The maximum absolute atomic E-state index is 12.4. The molecule has 1 heterocycles. The summed E-state index contributed by atoms with van der Waals surface area (Å²) in [4.78, 5) is 16.7. The third-order valence-electron chi connectivity index (χ3n) is 4.66. The summed E-state index contributed by atoms with van der Waals surface area (Å²) in [6, 6.07) is 0.475. The normalized spacial score (nSPS) is 25.7. The summed E-state index contributed by atoms with van der Waals surface area (Å²) in [6.45, 7) is 5.56. The molecule has 1 aliphatic heterocycles. The van der Waals surface area contributed by atoms with Crippen molar-refractivity contribution in [3.05, 3.63) is 0 Å². The topological polar surface area (TPSA) is 43.8 Å². The van der Waals surface area contributed by atoms with E-state index in [1.54, 1.807) is 0 Å². The largest absolute Gasteiger partial charge is 0.396 e. The molecular weight excluding hydrogens is 240 g/mol. The summed E-state index contributed by atoms with van der Waals surface area (Å²) in [7, 11) is 0. The molecule has 0 spiro atoms. The van der Waals surface area contributed by atoms with Gasteiger partial charge in [0.2, 0.25) is 5.91 Å². The molecule has 2 fully saturated rings. The first kappa shape index (κ1) is 14.8. The van der Waals surface area contributed by atoms with Crippen molar-refractivity contribution in [2.45, 2.75) is 51.5 Å². The van der Waals surface area contributed by atoms with Crippen LogP contribution in [0.3, 0.4) is 0 Å². The van der Waals surface area contributed by atoms with Crippen LogP contribution in [0.15, 0.2) is 0 Å². The number of hydrogen-bond donors (Lipinski definition) is 1. The van der Waals surface area contributed by atoms with E-state index < -0.39 is 0 Å². The maximum Gasteiger partial charge on any atom is 0.236 e. The Balaban J connectivity index is 1.83. The number of likely N-dealkylation sites (tertiary alicyclic amines) is 1. The highest BCUT2D eigenvalue weighted by Crippen LogP contribution is 2.23. The minimum Gasteiger partial charge on any atom is -0.396 e. The van der Waals surface area contributed by atoms with E-state index in [0.29, 0.717) is 18.5 Å². The summed E-state index contributed by atoms with van der Waals surface area (Å²) in [6.07, 6.45) is 7.25. The molecule has 1 aliphatic carbocycles. The highest BCUT2D eigenvalue weighted by molar-refractivity contribution is 5.78. The lowest BCUT2D eigenvalue weighted by molar-refractivity contribution is -0.135. The molecule has 1 atom stereocenters. The molecular formula is C15H28N2O2. The van der Waals surface area contributed by atoms with Crippen LogP contribution in [0.1, 0.15) is 45.4 Å². The molecule has 19 heavy (non-hydrogen) atoms. The molecule has 2 aliphatic rings. The molecule has 1 N–H and O–H groups in total. The summed E-state index contributed by atoms with van der Waals surface area (Å²) in [5, 5.41) is 9.16. The lowest BCUT2D eigenvalue weighted by Gasteiger charge is -2.34. The van der Waals surface area contributed by atoms with Crippen LogP contribution >= 0.6 is 0 Å². The average molecular weight is 268 g/mol. The number of carbonyl (C=O) groups excluding carboxylic acids is 1. The maximum atomic E-state index is 12.4. The van der Waals surface area contributed by atoms with Crippen LogP contribution in [0.5, 0.6) is 0 Å². The highest BCUT2D eigenvalue weighted by atomic mass is 16.3. The van der Waals surface area contributed by atoms with Gasteiger partial charge in [-0.2, -0.15) is 0 Å². The second-order valence-electron chi connectivity index (χ2n) is 6.04. The molecule has 1 amide bonds. The molecule has 2 rings (SSSR count). The molecule has 1 saturated carbocycles. The molecule has 1 unspecified atom stereocenters. The van der Waals surface area contributed by atoms with E-state index in [4.69, 9.17) is 5.11 Å². The van der Waals surface area contributed by atoms with Gasteiger partial charge in [0.25, 0.3) is 0 Å². The Morgan fingerprint density at radius 2 is 2.00 bits per heavy atom. The molecule has 0 radical (unpaired) electrons. The van der Waals surface area contributed by atoms with Gasteiger partial charge in [-0.1, -0.05) is 19.3 Å². The van der Waals surface area contributed by atoms with Gasteiger partial charge >= 0.3 is 0 Å². The van der Waals surface area contributed by atoms with Gasteiger partial charge in [-0.3, -0.25) is 9.69 Å². The van der Waals surface area contributed by atoms with Crippen molar-refractivity contribution >= 4 is 5.91 Å². The summed E-state index contributed by atoms with van der Waals surface area (Å²) >= 11 is 0. The van der Waals surface area contributed by atoms with Crippen LogP contribution in [-0.2, 0) is 4.79 Å². The van der Waals surface area contributed by atoms with Crippen molar-refractivity contribution in [2.24, 2.45) is 5.92 Å². The molecule has 4 heteroatoms. The van der Waals surface area contributed by atoms with Crippen LogP contribution in [0, 0.1) is 5.92 Å². The predicted molar refractivity (Wildman–Crippen MR) is 75.9 cm³/mol. The predicted octanol–water partition coefficient (Wildman–Crippen LogP) is 1.48. The van der Waals surface area contributed by atoms with Crippen molar-refractivity contribution in [3.63, 3.8) is 0 Å². The van der Waals surface area contributed by atoms with Gasteiger partial charge < -0.3 is 10.0 Å². The number of rotatable bonds is 5. The molecule has 1 saturated heterocycles. The Labute approximate surface area is 116 Å². The molecule has 4 nitrogen and oxygen atoms in total. The SMILES string of the molecule is CCN(C(=O)CN1CCC(CO)C1)C1CCCCC1. The van der Waals surface area contributed by atoms with E-state index in [2.05, 4.69) is 16.7 Å². The zero-order valence-electron chi connectivity index (χ0n) is 12.2. The second-order valence-corrected chi connectivity index (χ2v) is 6.04. The smallest absolute Gasteiger partial charge is 0.236 e. The van der Waals surface area contributed by atoms with E-state index in [-0.39, 0.29) is 12.5 Å². The Morgan fingerprint density at radius 3 is 2.58 bits per heavy atom. The van der Waals surface area contributed by atoms with E-state index in [1.165, 1.54) is 32.1 Å². The number of aliphatic hydroxyl groups is 1. The molecule has 0 aromatic rings. The quantitative estimate of drug-likeness (QED) is 0.821. The van der Waals surface area contributed by atoms with E-state index in [9.17, 15) is 4.79 Å². The zero-order chi connectivity index (χ0) is 13.7. The summed E-state index contributed by atoms with van der Waals surface area (Å²) < 4.78 is 0. The summed E-state index contributed by atoms with van der Waals surface area (Å²) in [5.41, 5.74) is 0. The fourth-order valence-corrected chi connectivity index (χ4v) is 3.52. The molecule has 0 aromatic heterocycles. The molecule has 0 bridgehead atoms. The number of likely N-dealkylation sites (N-methyl/N-ethyl adjacent to an activating group) is 1. The van der Waals surface area contributed by atoms with Crippen molar-refractivity contribution in [2.75, 3.05) is 32.8 Å². The van der Waals surface area contributed by atoms with Gasteiger partial charge in [0, 0.05) is 25.7 Å². The minimum atomic E-state index is 0.255. The third kappa shape index (κ3) is 3.93. The molecule has 110 valence electrons. The lowest BCUT2D eigenvalue weighted by atomic mass is 9.94. The van der Waals surface area contributed by atoms with Crippen LogP contribution < -0.4 is 0 Å². The Morgan fingerprint density at radius 1 is 1.26 bits per heavy atom. The number of nitrogens with zero attached hydrogens (tertiary/aromatic N) is 2. The van der Waals surface area contributed by atoms with Gasteiger partial charge in [-0.15, -0.1) is 0 Å². The third-order valence-corrected chi connectivity index (χ3v) is 4.66. The van der Waals surface area contributed by atoms with Crippen LogP contribution in [-0.4, -0.2) is 59.6 Å². The monoisotopic (exact) mass is 268 g/mol. The number of carbonyl (C=O) groups is 1. The second kappa shape index (κ2) is 7.25. The Hall–Kier alpha value is -0.610. The fraction of sp³-hybridized carbons (Fsp3) is 0.933. The van der Waals surface area contributed by atoms with E-state index in [0.717, 1.165) is 26.1 Å². The van der Waals surface area contributed by atoms with Crippen molar-refractivity contribution < 1.29 is 9.90 Å². The van der Waals surface area contributed by atoms with Gasteiger partial charge in [0.05, 0.1) is 6.54 Å². The number of amides is 1. The lowest BCUT2D eigenvalue weighted by Crippen LogP contribution is -2.46. The van der Waals surface area contributed by atoms with E-state index >= 15 is 0 Å². The average Bonchev–Trinajstić information content (AvgIpc) is 2.88. The van der Waals surface area contributed by atoms with Gasteiger partial charge in [0.1, 0.15) is 0 Å². The van der Waals surface area contributed by atoms with Gasteiger partial charge in [-0.25, -0.2) is 0 Å². The van der Waals surface area contributed by atoms with Crippen LogP contribution in [0.4, 0.5) is 0 Å². The Kier molecular flexibility index (Phi) is 5.64. The standard InChI is InChI=1S/C15H28N2O2/c1-2-17(14-6-4-3-5-7-14)15(19)11-16-9-8-13(10-16)12-18/h13-14,18H,2-12H2,1H3. The van der Waals surface area contributed by atoms with Crippen molar-refractivity contribution in [1.29, 1.82) is 0 Å². The minimum absolute atomic E-state index is 0.255. The highest BCUT2D eigenvalue weighted by Gasteiger charge is 2.28. The van der Waals surface area contributed by atoms with Crippen LogP contribution in [0.2, 0.25) is 0 Å². The first-order chi connectivity index (χ1) is 9.24. The van der Waals surface area contributed by atoms with Gasteiger partial charge in [-0.05, 0) is 38.6 Å². The first-order valence-electron chi connectivity index (χ1n) is 7.87. The van der Waals surface area contributed by atoms with Crippen molar-refractivity contribution in [3.8, 4) is 0 Å². The summed E-state index contributed by atoms with van der Waals surface area (Å²) in [5.74, 6) is 0.658. The first-order valence-corrected chi connectivity index (χ1v) is 7.87. The number of aliphatic hydroxyl groups excluding tert-OH is 1. The zero-order valence-corrected chi connectivity index (χ0v) is 12.2. The fourth-order valence-electron chi connectivity index (χ4n) is 3.52. The Bertz CT molecular complexity index is 290. The van der Waals surface area contributed by atoms with Crippen LogP contribution in [0.25, 0.3) is 0 Å². The number of hydrogen-bond acceptors (Lipinski definition) is 3. The molecule has 0 aromatic carbocycles. The van der Waals surface area contributed by atoms with E-state index in [1.807, 2.05) is 0 Å². The van der Waals surface area contributed by atoms with Gasteiger partial charge in [0.15, 0.2) is 0 Å².